The predicted molar refractivity (Wildman–Crippen MR) is 88.6 cm³/mol. The summed E-state index contributed by atoms with van der Waals surface area (Å²) in [6.07, 6.45) is 0.347. The van der Waals surface area contributed by atoms with Gasteiger partial charge in [0, 0.05) is 0 Å². The van der Waals surface area contributed by atoms with Gasteiger partial charge in [0.05, 0.1) is 25.0 Å². The van der Waals surface area contributed by atoms with E-state index in [0.717, 1.165) is 5.56 Å². The highest BCUT2D eigenvalue weighted by atomic mass is 19.1. The Bertz CT molecular complexity index is 773. The molecule has 25 heavy (non-hydrogen) atoms. The van der Waals surface area contributed by atoms with Crippen molar-refractivity contribution in [1.29, 1.82) is 0 Å². The summed E-state index contributed by atoms with van der Waals surface area (Å²) in [6, 6.07) is 12.5. The molecule has 0 saturated heterocycles. The minimum Gasteiger partial charge on any atom is -0.497 e. The summed E-state index contributed by atoms with van der Waals surface area (Å²) >= 11 is 0. The highest BCUT2D eigenvalue weighted by Crippen LogP contribution is 2.39. The van der Waals surface area contributed by atoms with E-state index in [1.165, 1.54) is 12.1 Å². The van der Waals surface area contributed by atoms with Crippen molar-refractivity contribution in [3.8, 4) is 5.75 Å². The number of amides is 1. The average Bonchev–Trinajstić information content (AvgIpc) is 3.42. The zero-order chi connectivity index (χ0) is 18.0. The Morgan fingerprint density at radius 1 is 1.08 bits per heavy atom. The topological polar surface area (TPSA) is 75.6 Å². The highest BCUT2D eigenvalue weighted by molar-refractivity contribution is 5.89. The second-order valence-corrected chi connectivity index (χ2v) is 6.05. The lowest BCUT2D eigenvalue weighted by atomic mass is 9.98. The van der Waals surface area contributed by atoms with E-state index >= 15 is 0 Å². The highest BCUT2D eigenvalue weighted by Gasteiger charge is 2.48. The fourth-order valence-corrected chi connectivity index (χ4v) is 2.82. The molecule has 0 bridgehead atoms. The van der Waals surface area contributed by atoms with Crippen LogP contribution in [0.4, 0.5) is 4.39 Å². The van der Waals surface area contributed by atoms with Gasteiger partial charge in [-0.1, -0.05) is 24.3 Å². The molecule has 2 N–H and O–H groups in total. The Balaban J connectivity index is 1.85. The third-order valence-electron chi connectivity index (χ3n) is 4.38. The molecule has 1 fully saturated rings. The Morgan fingerprint density at radius 3 is 2.12 bits per heavy atom. The van der Waals surface area contributed by atoms with Crippen LogP contribution in [0.3, 0.4) is 0 Å². The molecule has 2 aromatic carbocycles. The lowest BCUT2D eigenvalue weighted by molar-refractivity contribution is -0.140. The summed E-state index contributed by atoms with van der Waals surface area (Å²) in [5.74, 6) is -2.08. The van der Waals surface area contributed by atoms with Crippen LogP contribution < -0.4 is 10.1 Å². The standard InChI is InChI=1S/C19H18FNO4/c1-25-14-8-4-12(5-9-14)17(11-2-6-13(20)7-3-11)21-18(22)15-10-16(15)19(23)24/h2-9,15-17H,10H2,1H3,(H,21,22)(H,23,24)/t15-,16-,17+/m0/s1. The van der Waals surface area contributed by atoms with Gasteiger partial charge in [0.25, 0.3) is 0 Å². The van der Waals surface area contributed by atoms with Crippen LogP contribution in [-0.2, 0) is 9.59 Å². The van der Waals surface area contributed by atoms with E-state index in [4.69, 9.17) is 9.84 Å². The third kappa shape index (κ3) is 3.79. The molecule has 2 aromatic rings. The van der Waals surface area contributed by atoms with Crippen molar-refractivity contribution in [2.45, 2.75) is 12.5 Å². The second kappa shape index (κ2) is 6.93. The van der Waals surface area contributed by atoms with Crippen molar-refractivity contribution in [2.24, 2.45) is 11.8 Å². The van der Waals surface area contributed by atoms with E-state index < -0.39 is 23.8 Å². The number of halogens is 1. The van der Waals surface area contributed by atoms with Crippen molar-refractivity contribution < 1.29 is 23.8 Å². The smallest absolute Gasteiger partial charge is 0.307 e. The Hall–Kier alpha value is -2.89. The van der Waals surface area contributed by atoms with Crippen molar-refractivity contribution in [2.75, 3.05) is 7.11 Å². The number of nitrogens with one attached hydrogen (secondary N) is 1. The monoisotopic (exact) mass is 343 g/mol. The number of carboxylic acids is 1. The number of carboxylic acid groups (broad SMARTS) is 1. The fraction of sp³-hybridized carbons (Fsp3) is 0.263. The number of ether oxygens (including phenoxy) is 1. The van der Waals surface area contributed by atoms with E-state index in [-0.39, 0.29) is 11.7 Å². The number of methoxy groups -OCH3 is 1. The van der Waals surface area contributed by atoms with Crippen LogP contribution in [0.25, 0.3) is 0 Å². The number of hydrogen-bond donors (Lipinski definition) is 2. The molecule has 3 atom stereocenters. The van der Waals surface area contributed by atoms with Gasteiger partial charge in [-0.2, -0.15) is 0 Å². The first-order valence-electron chi connectivity index (χ1n) is 7.92. The molecule has 0 spiro atoms. The molecule has 5 nitrogen and oxygen atoms in total. The number of hydrogen-bond acceptors (Lipinski definition) is 3. The van der Waals surface area contributed by atoms with Crippen molar-refractivity contribution in [3.63, 3.8) is 0 Å². The third-order valence-corrected chi connectivity index (χ3v) is 4.38. The van der Waals surface area contributed by atoms with Crippen molar-refractivity contribution in [3.05, 3.63) is 65.5 Å². The molecule has 1 aliphatic carbocycles. The normalized spacial score (nSPS) is 19.8. The number of carbonyl (C=O) groups is 2. The van der Waals surface area contributed by atoms with Crippen LogP contribution in [0.1, 0.15) is 23.6 Å². The number of aliphatic carboxylic acids is 1. The number of carbonyl (C=O) groups excluding carboxylic acids is 1. The van der Waals surface area contributed by atoms with Gasteiger partial charge in [-0.05, 0) is 41.8 Å². The molecule has 0 aliphatic heterocycles. The Kier molecular flexibility index (Phi) is 4.70. The molecular weight excluding hydrogens is 325 g/mol. The Morgan fingerprint density at radius 2 is 1.64 bits per heavy atom. The molecule has 0 radical (unpaired) electrons. The maximum absolute atomic E-state index is 13.2. The first kappa shape index (κ1) is 17.0. The van der Waals surface area contributed by atoms with Gasteiger partial charge < -0.3 is 15.2 Å². The van der Waals surface area contributed by atoms with Gasteiger partial charge in [-0.15, -0.1) is 0 Å². The SMILES string of the molecule is COc1ccc([C@H](NC(=O)[C@H]2C[C@@H]2C(=O)O)c2ccc(F)cc2)cc1. The van der Waals surface area contributed by atoms with Crippen LogP contribution in [0.2, 0.25) is 0 Å². The molecule has 1 amide bonds. The molecular formula is C19H18FNO4. The molecule has 130 valence electrons. The molecule has 0 heterocycles. The van der Waals surface area contributed by atoms with Gasteiger partial charge in [-0.3, -0.25) is 9.59 Å². The summed E-state index contributed by atoms with van der Waals surface area (Å²) in [5.41, 5.74) is 1.51. The molecule has 6 heteroatoms. The van der Waals surface area contributed by atoms with E-state index in [2.05, 4.69) is 5.32 Å². The van der Waals surface area contributed by atoms with Crippen molar-refractivity contribution in [1.82, 2.24) is 5.32 Å². The quantitative estimate of drug-likeness (QED) is 0.846. The van der Waals surface area contributed by atoms with Crippen LogP contribution in [0, 0.1) is 17.7 Å². The molecule has 1 saturated carbocycles. The zero-order valence-electron chi connectivity index (χ0n) is 13.6. The fourth-order valence-electron chi connectivity index (χ4n) is 2.82. The van der Waals surface area contributed by atoms with Crippen LogP contribution in [0.15, 0.2) is 48.5 Å². The maximum atomic E-state index is 13.2. The molecule has 1 aliphatic rings. The Labute approximate surface area is 144 Å². The number of benzene rings is 2. The summed E-state index contributed by atoms with van der Waals surface area (Å²) in [6.45, 7) is 0. The van der Waals surface area contributed by atoms with E-state index in [0.29, 0.717) is 17.7 Å². The summed E-state index contributed by atoms with van der Waals surface area (Å²) in [4.78, 5) is 23.4. The van der Waals surface area contributed by atoms with E-state index in [1.54, 1.807) is 31.4 Å². The van der Waals surface area contributed by atoms with Crippen molar-refractivity contribution >= 4 is 11.9 Å². The molecule has 0 unspecified atom stereocenters. The van der Waals surface area contributed by atoms with Gasteiger partial charge in [0.15, 0.2) is 0 Å². The lowest BCUT2D eigenvalue weighted by Gasteiger charge is -2.20. The predicted octanol–water partition coefficient (Wildman–Crippen LogP) is 2.76. The summed E-state index contributed by atoms with van der Waals surface area (Å²) < 4.78 is 18.4. The molecule has 3 rings (SSSR count). The second-order valence-electron chi connectivity index (χ2n) is 6.05. The largest absolute Gasteiger partial charge is 0.497 e. The molecule has 0 aromatic heterocycles. The van der Waals surface area contributed by atoms with Crippen LogP contribution in [-0.4, -0.2) is 24.1 Å². The van der Waals surface area contributed by atoms with Gasteiger partial charge in [-0.25, -0.2) is 4.39 Å². The minimum atomic E-state index is -0.956. The van der Waals surface area contributed by atoms with E-state index in [1.807, 2.05) is 12.1 Å². The first-order chi connectivity index (χ1) is 12.0. The van der Waals surface area contributed by atoms with E-state index in [9.17, 15) is 14.0 Å². The summed E-state index contributed by atoms with van der Waals surface area (Å²) in [5, 5.41) is 11.9. The maximum Gasteiger partial charge on any atom is 0.307 e. The van der Waals surface area contributed by atoms with Crippen LogP contribution >= 0.6 is 0 Å². The number of rotatable bonds is 6. The van der Waals surface area contributed by atoms with Gasteiger partial charge in [0.2, 0.25) is 5.91 Å². The minimum absolute atomic E-state index is 0.308. The summed E-state index contributed by atoms with van der Waals surface area (Å²) in [7, 11) is 1.56. The lowest BCUT2D eigenvalue weighted by Crippen LogP contribution is -2.31. The first-order valence-corrected chi connectivity index (χ1v) is 7.92. The van der Waals surface area contributed by atoms with Crippen LogP contribution in [0.5, 0.6) is 5.75 Å². The zero-order valence-corrected chi connectivity index (χ0v) is 13.6. The van der Waals surface area contributed by atoms with Gasteiger partial charge in [0.1, 0.15) is 11.6 Å². The average molecular weight is 343 g/mol. The van der Waals surface area contributed by atoms with Gasteiger partial charge >= 0.3 is 5.97 Å².